The van der Waals surface area contributed by atoms with Crippen LogP contribution in [0, 0.1) is 17.6 Å². The molecule has 0 atom stereocenters. The van der Waals surface area contributed by atoms with Gasteiger partial charge >= 0.3 is 6.09 Å². The smallest absolute Gasteiger partial charge is 0.411 e. The Hall–Kier alpha value is -1.69. The van der Waals surface area contributed by atoms with E-state index in [4.69, 9.17) is 4.74 Å². The minimum absolute atomic E-state index is 0.0856. The fourth-order valence-corrected chi connectivity index (χ4v) is 2.11. The highest BCUT2D eigenvalue weighted by Gasteiger charge is 2.31. The van der Waals surface area contributed by atoms with Gasteiger partial charge in [0, 0.05) is 6.07 Å². The molecule has 4 nitrogen and oxygen atoms in total. The summed E-state index contributed by atoms with van der Waals surface area (Å²) < 4.78 is 31.1. The topological polar surface area (TPSA) is 50.4 Å². The van der Waals surface area contributed by atoms with Gasteiger partial charge in [-0.15, -0.1) is 0 Å². The van der Waals surface area contributed by atoms with Crippen LogP contribution in [0.25, 0.3) is 0 Å². The van der Waals surface area contributed by atoms with Crippen molar-refractivity contribution in [3.8, 4) is 0 Å². The molecule has 0 saturated heterocycles. The van der Waals surface area contributed by atoms with Gasteiger partial charge in [-0.3, -0.25) is 5.32 Å². The first kappa shape index (κ1) is 13.7. The van der Waals surface area contributed by atoms with Crippen molar-refractivity contribution in [2.24, 2.45) is 5.92 Å². The molecule has 1 aromatic carbocycles. The van der Waals surface area contributed by atoms with Crippen LogP contribution in [0.15, 0.2) is 18.2 Å². The van der Waals surface area contributed by atoms with Crippen LogP contribution in [0.3, 0.4) is 0 Å². The van der Waals surface area contributed by atoms with Crippen molar-refractivity contribution in [2.75, 3.05) is 18.9 Å². The average molecular weight is 270 g/mol. The molecule has 104 valence electrons. The second-order valence-corrected chi connectivity index (χ2v) is 4.67. The predicted octanol–water partition coefficient (Wildman–Crippen LogP) is 2.51. The van der Waals surface area contributed by atoms with Crippen LogP contribution < -0.4 is 10.6 Å². The molecule has 1 saturated carbocycles. The summed E-state index contributed by atoms with van der Waals surface area (Å²) in [5.74, 6) is -0.991. The van der Waals surface area contributed by atoms with Crippen LogP contribution in [-0.2, 0) is 4.74 Å². The number of nitrogens with one attached hydrogen (secondary N) is 2. The number of hydrogen-bond acceptors (Lipinski definition) is 3. The van der Waals surface area contributed by atoms with E-state index >= 15 is 0 Å². The number of carbonyl (C=O) groups is 1. The zero-order chi connectivity index (χ0) is 13.8. The van der Waals surface area contributed by atoms with Crippen molar-refractivity contribution >= 4 is 11.8 Å². The minimum atomic E-state index is -0.821. The number of carbonyl (C=O) groups excluding carboxylic acids is 1. The molecule has 6 heteroatoms. The van der Waals surface area contributed by atoms with Crippen LogP contribution in [0.5, 0.6) is 0 Å². The fourth-order valence-electron chi connectivity index (χ4n) is 2.11. The number of ether oxygens (including phenoxy) is 1. The van der Waals surface area contributed by atoms with Gasteiger partial charge in [-0.25, -0.2) is 13.6 Å². The van der Waals surface area contributed by atoms with Gasteiger partial charge in [0.1, 0.15) is 17.7 Å². The summed E-state index contributed by atoms with van der Waals surface area (Å²) in [6.45, 7) is 0.897. The second kappa shape index (κ2) is 5.97. The van der Waals surface area contributed by atoms with Crippen molar-refractivity contribution in [3.63, 3.8) is 0 Å². The molecule has 2 N–H and O–H groups in total. The van der Waals surface area contributed by atoms with E-state index in [2.05, 4.69) is 10.6 Å². The first-order chi connectivity index (χ1) is 9.08. The minimum Gasteiger partial charge on any atom is -0.446 e. The Labute approximate surface area is 110 Å². The Kier molecular flexibility index (Phi) is 4.31. The summed E-state index contributed by atoms with van der Waals surface area (Å²) in [6.07, 6.45) is 0.778. The number of halogens is 2. The standard InChI is InChI=1S/C13H16F2N2O2/c1-16-7-8-4-10(5-8)19-13(18)17-12-3-2-9(14)6-11(12)15/h2-3,6,8,10,16H,4-5,7H2,1H3,(H,17,18). The largest absolute Gasteiger partial charge is 0.446 e. The molecule has 2 rings (SSSR count). The van der Waals surface area contributed by atoms with Crippen molar-refractivity contribution in [1.82, 2.24) is 5.32 Å². The van der Waals surface area contributed by atoms with Crippen LogP contribution >= 0.6 is 0 Å². The van der Waals surface area contributed by atoms with Gasteiger partial charge in [0.25, 0.3) is 0 Å². The zero-order valence-corrected chi connectivity index (χ0v) is 10.6. The lowest BCUT2D eigenvalue weighted by molar-refractivity contribution is 0.0256. The molecule has 19 heavy (non-hydrogen) atoms. The molecule has 1 aromatic rings. The summed E-state index contributed by atoms with van der Waals surface area (Å²) in [5, 5.41) is 5.32. The molecule has 1 fully saturated rings. The van der Waals surface area contributed by atoms with Gasteiger partial charge in [-0.2, -0.15) is 0 Å². The van der Waals surface area contributed by atoms with Gasteiger partial charge in [0.05, 0.1) is 5.69 Å². The molecule has 0 bridgehead atoms. The Morgan fingerprint density at radius 3 is 2.79 bits per heavy atom. The average Bonchev–Trinajstić information content (AvgIpc) is 2.30. The lowest BCUT2D eigenvalue weighted by atomic mass is 9.82. The quantitative estimate of drug-likeness (QED) is 0.884. The van der Waals surface area contributed by atoms with E-state index in [1.165, 1.54) is 0 Å². The zero-order valence-electron chi connectivity index (χ0n) is 10.6. The molecular formula is C13H16F2N2O2. The Bertz CT molecular complexity index is 462. The van der Waals surface area contributed by atoms with E-state index in [0.717, 1.165) is 31.5 Å². The highest BCUT2D eigenvalue weighted by atomic mass is 19.1. The predicted molar refractivity (Wildman–Crippen MR) is 66.9 cm³/mol. The first-order valence-electron chi connectivity index (χ1n) is 6.15. The number of anilines is 1. The monoisotopic (exact) mass is 270 g/mol. The molecule has 0 unspecified atom stereocenters. The van der Waals surface area contributed by atoms with Crippen molar-refractivity contribution in [1.29, 1.82) is 0 Å². The van der Waals surface area contributed by atoms with E-state index in [-0.39, 0.29) is 11.8 Å². The molecule has 1 aliphatic rings. The maximum atomic E-state index is 13.3. The molecule has 1 amide bonds. The Morgan fingerprint density at radius 2 is 2.16 bits per heavy atom. The van der Waals surface area contributed by atoms with Crippen LogP contribution in [0.1, 0.15) is 12.8 Å². The van der Waals surface area contributed by atoms with E-state index < -0.39 is 17.7 Å². The van der Waals surface area contributed by atoms with Crippen molar-refractivity contribution < 1.29 is 18.3 Å². The van der Waals surface area contributed by atoms with E-state index in [0.29, 0.717) is 12.0 Å². The van der Waals surface area contributed by atoms with E-state index in [9.17, 15) is 13.6 Å². The fraction of sp³-hybridized carbons (Fsp3) is 0.462. The Balaban J connectivity index is 1.79. The summed E-state index contributed by atoms with van der Waals surface area (Å²) in [6, 6.07) is 2.95. The summed E-state index contributed by atoms with van der Waals surface area (Å²) in [4.78, 5) is 11.5. The number of hydrogen-bond donors (Lipinski definition) is 2. The lowest BCUT2D eigenvalue weighted by Crippen LogP contribution is -2.39. The van der Waals surface area contributed by atoms with Crippen molar-refractivity contribution in [3.05, 3.63) is 29.8 Å². The van der Waals surface area contributed by atoms with Crippen LogP contribution in [0.4, 0.5) is 19.3 Å². The third-order valence-electron chi connectivity index (χ3n) is 3.13. The Morgan fingerprint density at radius 1 is 1.42 bits per heavy atom. The van der Waals surface area contributed by atoms with E-state index in [1.54, 1.807) is 0 Å². The SMILES string of the molecule is CNCC1CC(OC(=O)Nc2ccc(F)cc2F)C1. The molecule has 0 spiro atoms. The third-order valence-corrected chi connectivity index (χ3v) is 3.13. The molecule has 0 radical (unpaired) electrons. The maximum absolute atomic E-state index is 13.3. The summed E-state index contributed by atoms with van der Waals surface area (Å²) >= 11 is 0. The van der Waals surface area contributed by atoms with Gasteiger partial charge in [-0.05, 0) is 44.5 Å². The molecule has 0 heterocycles. The third kappa shape index (κ3) is 3.64. The van der Waals surface area contributed by atoms with Gasteiger partial charge in [0.15, 0.2) is 0 Å². The second-order valence-electron chi connectivity index (χ2n) is 4.67. The van der Waals surface area contributed by atoms with Crippen LogP contribution in [-0.4, -0.2) is 25.8 Å². The normalized spacial score (nSPS) is 21.6. The number of rotatable bonds is 4. The molecule has 1 aliphatic carbocycles. The summed E-state index contributed by atoms with van der Waals surface area (Å²) in [5.41, 5.74) is -0.0856. The first-order valence-corrected chi connectivity index (χ1v) is 6.15. The highest BCUT2D eigenvalue weighted by Crippen LogP contribution is 2.29. The lowest BCUT2D eigenvalue weighted by Gasteiger charge is -2.34. The van der Waals surface area contributed by atoms with Gasteiger partial charge in [0.2, 0.25) is 0 Å². The van der Waals surface area contributed by atoms with Gasteiger partial charge < -0.3 is 10.1 Å². The van der Waals surface area contributed by atoms with E-state index in [1.807, 2.05) is 7.05 Å². The van der Waals surface area contributed by atoms with Gasteiger partial charge in [-0.1, -0.05) is 0 Å². The maximum Gasteiger partial charge on any atom is 0.411 e. The summed E-state index contributed by atoms with van der Waals surface area (Å²) in [7, 11) is 1.87. The number of amides is 1. The molecular weight excluding hydrogens is 254 g/mol. The molecule has 0 aliphatic heterocycles. The van der Waals surface area contributed by atoms with Crippen LogP contribution in [0.2, 0.25) is 0 Å². The molecule has 0 aromatic heterocycles. The van der Waals surface area contributed by atoms with Crippen molar-refractivity contribution in [2.45, 2.75) is 18.9 Å². The number of benzene rings is 1. The highest BCUT2D eigenvalue weighted by molar-refractivity contribution is 5.84.